The Bertz CT molecular complexity index is 909. The first kappa shape index (κ1) is 35.1. The van der Waals surface area contributed by atoms with Crippen molar-refractivity contribution < 1.29 is 55.7 Å². The number of likely N-dealkylation sites (tertiary alicyclic amines) is 1. The van der Waals surface area contributed by atoms with E-state index in [4.69, 9.17) is 24.5 Å². The summed E-state index contributed by atoms with van der Waals surface area (Å²) in [6.07, 6.45) is -2.42. The van der Waals surface area contributed by atoms with Crippen LogP contribution in [0, 0.1) is 11.3 Å². The molecule has 1 aromatic rings. The molecule has 2 aliphatic heterocycles. The number of hydrogen-bond acceptors (Lipinski definition) is 6. The fourth-order valence-corrected chi connectivity index (χ4v) is 4.37. The zero-order valence-electron chi connectivity index (χ0n) is 22.3. The molecule has 2 saturated heterocycles. The van der Waals surface area contributed by atoms with Crippen LogP contribution in [0.3, 0.4) is 0 Å². The molecule has 2 N–H and O–H groups in total. The molecule has 0 unspecified atom stereocenters. The van der Waals surface area contributed by atoms with Crippen molar-refractivity contribution in [3.05, 3.63) is 30.1 Å². The summed E-state index contributed by atoms with van der Waals surface area (Å²) in [5, 5.41) is 14.2. The summed E-state index contributed by atoms with van der Waals surface area (Å²) < 4.78 is 69.5. The average molecular weight is 588 g/mol. The second-order valence-corrected chi connectivity index (χ2v) is 9.57. The molecule has 15 heteroatoms. The number of hydrogen-bond donors (Lipinski definition) is 2. The molecule has 1 amide bonds. The van der Waals surface area contributed by atoms with Gasteiger partial charge in [-0.1, -0.05) is 19.9 Å². The fraction of sp³-hybridized carbons (Fsp3) is 0.680. The molecule has 0 aliphatic carbocycles. The van der Waals surface area contributed by atoms with Crippen molar-refractivity contribution in [1.29, 1.82) is 0 Å². The number of aromatic nitrogens is 1. The summed E-state index contributed by atoms with van der Waals surface area (Å²) in [7, 11) is 0. The third-order valence-corrected chi connectivity index (χ3v) is 6.60. The summed E-state index contributed by atoms with van der Waals surface area (Å²) in [5.74, 6) is -4.97. The highest BCUT2D eigenvalue weighted by atomic mass is 19.4. The minimum absolute atomic E-state index is 0.184. The number of pyridine rings is 1. The molecule has 3 heterocycles. The lowest BCUT2D eigenvalue weighted by Crippen LogP contribution is -2.49. The van der Waals surface area contributed by atoms with Gasteiger partial charge in [0.2, 0.25) is 5.91 Å². The monoisotopic (exact) mass is 587 g/mol. The number of halogens is 6. The van der Waals surface area contributed by atoms with Gasteiger partial charge in [-0.05, 0) is 37.3 Å². The largest absolute Gasteiger partial charge is 0.490 e. The summed E-state index contributed by atoms with van der Waals surface area (Å²) in [5.41, 5.74) is 1.44. The number of carbonyl (C=O) groups excluding carboxylic acids is 1. The van der Waals surface area contributed by atoms with Gasteiger partial charge in [0.15, 0.2) is 0 Å². The standard InChI is InChI=1S/C21H33N3O2.2C2HF3O2/c1-3-19(4-2)20(25)24-10-7-21(8-11-24)16-23(12-13-26-17-21)15-18-6-5-9-22-14-18;2*3-2(4,5)1(6)7/h5-6,9,14,19H,3-4,7-8,10-13,15-17H2,1-2H3;2*(H,6,7). The number of nitrogens with zero attached hydrogens (tertiary/aromatic N) is 3. The van der Waals surface area contributed by atoms with E-state index in [9.17, 15) is 31.1 Å². The van der Waals surface area contributed by atoms with E-state index in [0.29, 0.717) is 5.91 Å². The number of alkyl halides is 6. The lowest BCUT2D eigenvalue weighted by Gasteiger charge is -2.43. The molecule has 228 valence electrons. The molecule has 9 nitrogen and oxygen atoms in total. The van der Waals surface area contributed by atoms with Gasteiger partial charge in [0, 0.05) is 56.5 Å². The third-order valence-electron chi connectivity index (χ3n) is 6.60. The lowest BCUT2D eigenvalue weighted by atomic mass is 9.78. The van der Waals surface area contributed by atoms with Gasteiger partial charge in [0.1, 0.15) is 0 Å². The summed E-state index contributed by atoms with van der Waals surface area (Å²) in [6, 6.07) is 4.14. The number of rotatable bonds is 5. The molecule has 40 heavy (non-hydrogen) atoms. The van der Waals surface area contributed by atoms with Gasteiger partial charge in [-0.2, -0.15) is 26.3 Å². The van der Waals surface area contributed by atoms with Gasteiger partial charge in [0.05, 0.1) is 13.2 Å². The topological polar surface area (TPSA) is 120 Å². The Morgan fingerprint density at radius 2 is 1.52 bits per heavy atom. The van der Waals surface area contributed by atoms with Crippen LogP contribution in [0.25, 0.3) is 0 Å². The van der Waals surface area contributed by atoms with Crippen molar-refractivity contribution in [2.24, 2.45) is 11.3 Å². The number of carboxylic acids is 2. The molecule has 0 radical (unpaired) electrons. The van der Waals surface area contributed by atoms with Gasteiger partial charge in [-0.15, -0.1) is 0 Å². The molecule has 0 bridgehead atoms. The van der Waals surface area contributed by atoms with E-state index in [1.54, 1.807) is 0 Å². The summed E-state index contributed by atoms with van der Waals surface area (Å²) >= 11 is 0. The Morgan fingerprint density at radius 3 is 1.95 bits per heavy atom. The first-order valence-corrected chi connectivity index (χ1v) is 12.6. The molecular weight excluding hydrogens is 552 g/mol. The predicted octanol–water partition coefficient (Wildman–Crippen LogP) is 4.23. The predicted molar refractivity (Wildman–Crippen MR) is 130 cm³/mol. The third kappa shape index (κ3) is 12.1. The Kier molecular flexibility index (Phi) is 13.8. The summed E-state index contributed by atoms with van der Waals surface area (Å²) in [6.45, 7) is 10.5. The van der Waals surface area contributed by atoms with Crippen LogP contribution < -0.4 is 0 Å². The summed E-state index contributed by atoms with van der Waals surface area (Å²) in [4.78, 5) is 39.3. The number of ether oxygens (including phenoxy) is 1. The van der Waals surface area contributed by atoms with Crippen LogP contribution >= 0.6 is 0 Å². The minimum Gasteiger partial charge on any atom is -0.475 e. The van der Waals surface area contributed by atoms with Crippen LogP contribution in [0.5, 0.6) is 0 Å². The minimum atomic E-state index is -5.08. The molecule has 1 aromatic heterocycles. The molecule has 2 aliphatic rings. The van der Waals surface area contributed by atoms with E-state index >= 15 is 0 Å². The van der Waals surface area contributed by atoms with Gasteiger partial charge in [-0.3, -0.25) is 14.7 Å². The van der Waals surface area contributed by atoms with Crippen molar-refractivity contribution >= 4 is 17.8 Å². The highest BCUT2D eigenvalue weighted by molar-refractivity contribution is 5.78. The van der Waals surface area contributed by atoms with E-state index < -0.39 is 24.3 Å². The SMILES string of the molecule is CCC(CC)C(=O)N1CCC2(CC1)COCCN(Cc1cccnc1)C2.O=C(O)C(F)(F)F.O=C(O)C(F)(F)F. The van der Waals surface area contributed by atoms with Crippen LogP contribution in [0.2, 0.25) is 0 Å². The zero-order chi connectivity index (χ0) is 30.6. The molecular formula is C25H35F6N3O6. The van der Waals surface area contributed by atoms with Crippen molar-refractivity contribution in [2.75, 3.05) is 39.4 Å². The van der Waals surface area contributed by atoms with E-state index in [1.807, 2.05) is 18.5 Å². The van der Waals surface area contributed by atoms with Gasteiger partial charge in [0.25, 0.3) is 0 Å². The second-order valence-electron chi connectivity index (χ2n) is 9.57. The quantitative estimate of drug-likeness (QED) is 0.492. The maximum Gasteiger partial charge on any atom is 0.490 e. The Morgan fingerprint density at radius 1 is 1.00 bits per heavy atom. The van der Waals surface area contributed by atoms with Gasteiger partial charge < -0.3 is 19.8 Å². The van der Waals surface area contributed by atoms with Crippen LogP contribution in [-0.4, -0.2) is 94.6 Å². The zero-order valence-corrected chi connectivity index (χ0v) is 22.3. The average Bonchev–Trinajstić information content (AvgIpc) is 3.07. The molecule has 3 rings (SSSR count). The van der Waals surface area contributed by atoms with Gasteiger partial charge >= 0.3 is 24.3 Å². The van der Waals surface area contributed by atoms with Crippen molar-refractivity contribution in [3.63, 3.8) is 0 Å². The Balaban J connectivity index is 0.000000473. The number of amides is 1. The van der Waals surface area contributed by atoms with E-state index in [0.717, 1.165) is 71.6 Å². The molecule has 2 fully saturated rings. The number of aliphatic carboxylic acids is 2. The van der Waals surface area contributed by atoms with Crippen molar-refractivity contribution in [2.45, 2.75) is 58.4 Å². The molecule has 0 saturated carbocycles. The van der Waals surface area contributed by atoms with E-state index in [2.05, 4.69) is 34.7 Å². The highest BCUT2D eigenvalue weighted by Gasteiger charge is 2.40. The molecule has 0 atom stereocenters. The lowest BCUT2D eigenvalue weighted by molar-refractivity contribution is -0.193. The second kappa shape index (κ2) is 15.7. The molecule has 0 aromatic carbocycles. The highest BCUT2D eigenvalue weighted by Crippen LogP contribution is 2.35. The van der Waals surface area contributed by atoms with Crippen LogP contribution in [0.15, 0.2) is 24.5 Å². The number of carboxylic acid groups (broad SMARTS) is 2. The normalized spacial score (nSPS) is 17.7. The van der Waals surface area contributed by atoms with Crippen LogP contribution in [0.1, 0.15) is 45.1 Å². The van der Waals surface area contributed by atoms with Crippen LogP contribution in [0.4, 0.5) is 26.3 Å². The van der Waals surface area contributed by atoms with Crippen molar-refractivity contribution in [1.82, 2.24) is 14.8 Å². The Labute approximate surface area is 228 Å². The maximum absolute atomic E-state index is 12.7. The first-order chi connectivity index (χ1) is 18.5. The Hall–Kier alpha value is -2.94. The van der Waals surface area contributed by atoms with E-state index in [-0.39, 0.29) is 11.3 Å². The van der Waals surface area contributed by atoms with Crippen LogP contribution in [-0.2, 0) is 25.7 Å². The number of piperidine rings is 1. The number of carbonyl (C=O) groups is 3. The first-order valence-electron chi connectivity index (χ1n) is 12.6. The smallest absolute Gasteiger partial charge is 0.475 e. The fourth-order valence-electron chi connectivity index (χ4n) is 4.37. The maximum atomic E-state index is 12.7. The van der Waals surface area contributed by atoms with Crippen molar-refractivity contribution in [3.8, 4) is 0 Å². The molecule has 1 spiro atoms. The van der Waals surface area contributed by atoms with E-state index in [1.165, 1.54) is 5.56 Å². The van der Waals surface area contributed by atoms with Gasteiger partial charge in [-0.25, -0.2) is 9.59 Å².